The first-order valence-corrected chi connectivity index (χ1v) is 7.42. The summed E-state index contributed by atoms with van der Waals surface area (Å²) in [7, 11) is 0. The van der Waals surface area contributed by atoms with Crippen LogP contribution >= 0.6 is 0 Å². The first kappa shape index (κ1) is 14.1. The molecule has 2 aromatic rings. The number of imidazole rings is 1. The Labute approximate surface area is 116 Å². The van der Waals surface area contributed by atoms with E-state index in [1.54, 1.807) is 0 Å². The molecular formula is C16H25N3. The summed E-state index contributed by atoms with van der Waals surface area (Å²) in [4.78, 5) is 4.82. The largest absolute Gasteiger partial charge is 0.328 e. The van der Waals surface area contributed by atoms with Crippen LogP contribution in [-0.2, 0) is 13.0 Å². The van der Waals surface area contributed by atoms with E-state index in [1.165, 1.54) is 29.7 Å². The SMILES string of the molecule is CCCCn1c(CCNCC)nc2cc(C)ccc21. The Kier molecular flexibility index (Phi) is 4.97. The normalized spacial score (nSPS) is 11.3. The number of hydrogen-bond acceptors (Lipinski definition) is 2. The number of fused-ring (bicyclic) bond motifs is 1. The predicted octanol–water partition coefficient (Wildman–Crippen LogP) is 3.30. The van der Waals surface area contributed by atoms with Crippen LogP contribution in [0.3, 0.4) is 0 Å². The molecule has 0 unspecified atom stereocenters. The zero-order valence-electron chi connectivity index (χ0n) is 12.4. The Hall–Kier alpha value is -1.35. The number of nitrogens with zero attached hydrogens (tertiary/aromatic N) is 2. The van der Waals surface area contributed by atoms with Crippen molar-refractivity contribution in [2.45, 2.75) is 46.6 Å². The molecule has 2 rings (SSSR count). The molecule has 0 atom stereocenters. The maximum atomic E-state index is 4.82. The minimum Gasteiger partial charge on any atom is -0.328 e. The standard InChI is InChI=1S/C16H25N3/c1-4-6-11-19-15-8-7-13(3)12-14(15)18-16(19)9-10-17-5-2/h7-8,12,17H,4-6,9-11H2,1-3H3. The lowest BCUT2D eigenvalue weighted by Crippen LogP contribution is -2.18. The molecule has 1 N–H and O–H groups in total. The summed E-state index contributed by atoms with van der Waals surface area (Å²) in [5.74, 6) is 1.22. The Morgan fingerprint density at radius 1 is 1.26 bits per heavy atom. The molecule has 1 heterocycles. The molecule has 0 fully saturated rings. The van der Waals surface area contributed by atoms with E-state index in [9.17, 15) is 0 Å². The summed E-state index contributed by atoms with van der Waals surface area (Å²) >= 11 is 0. The molecule has 104 valence electrons. The van der Waals surface area contributed by atoms with E-state index < -0.39 is 0 Å². The Bertz CT molecular complexity index is 528. The topological polar surface area (TPSA) is 29.9 Å². The quantitative estimate of drug-likeness (QED) is 0.773. The van der Waals surface area contributed by atoms with Crippen LogP contribution in [0.5, 0.6) is 0 Å². The van der Waals surface area contributed by atoms with Gasteiger partial charge in [-0.3, -0.25) is 0 Å². The van der Waals surface area contributed by atoms with E-state index in [1.807, 2.05) is 0 Å². The molecule has 3 nitrogen and oxygen atoms in total. The van der Waals surface area contributed by atoms with Gasteiger partial charge in [0, 0.05) is 19.5 Å². The number of unbranched alkanes of at least 4 members (excludes halogenated alkanes) is 1. The van der Waals surface area contributed by atoms with Gasteiger partial charge in [-0.1, -0.05) is 26.3 Å². The molecule has 0 aliphatic heterocycles. The fraction of sp³-hybridized carbons (Fsp3) is 0.562. The van der Waals surface area contributed by atoms with Crippen LogP contribution in [0.2, 0.25) is 0 Å². The van der Waals surface area contributed by atoms with Gasteiger partial charge in [0.1, 0.15) is 5.82 Å². The van der Waals surface area contributed by atoms with Gasteiger partial charge in [-0.25, -0.2) is 4.98 Å². The second-order valence-corrected chi connectivity index (χ2v) is 5.13. The zero-order chi connectivity index (χ0) is 13.7. The third kappa shape index (κ3) is 3.35. The van der Waals surface area contributed by atoms with Crippen molar-refractivity contribution < 1.29 is 0 Å². The summed E-state index contributed by atoms with van der Waals surface area (Å²) in [5.41, 5.74) is 3.71. The lowest BCUT2D eigenvalue weighted by Gasteiger charge is -2.08. The van der Waals surface area contributed by atoms with Crippen molar-refractivity contribution in [1.29, 1.82) is 0 Å². The summed E-state index contributed by atoms with van der Waals surface area (Å²) < 4.78 is 2.40. The lowest BCUT2D eigenvalue weighted by atomic mass is 10.2. The molecule has 3 heteroatoms. The van der Waals surface area contributed by atoms with Crippen molar-refractivity contribution in [3.05, 3.63) is 29.6 Å². The van der Waals surface area contributed by atoms with E-state index in [0.717, 1.165) is 31.6 Å². The number of aromatic nitrogens is 2. The lowest BCUT2D eigenvalue weighted by molar-refractivity contribution is 0.600. The second-order valence-electron chi connectivity index (χ2n) is 5.13. The third-order valence-electron chi connectivity index (χ3n) is 3.49. The number of rotatable bonds is 7. The van der Waals surface area contributed by atoms with Crippen LogP contribution in [0.4, 0.5) is 0 Å². The predicted molar refractivity (Wildman–Crippen MR) is 81.6 cm³/mol. The maximum absolute atomic E-state index is 4.82. The third-order valence-corrected chi connectivity index (χ3v) is 3.49. The van der Waals surface area contributed by atoms with Gasteiger partial charge in [-0.2, -0.15) is 0 Å². The van der Waals surface area contributed by atoms with E-state index >= 15 is 0 Å². The van der Waals surface area contributed by atoms with Crippen molar-refractivity contribution in [1.82, 2.24) is 14.9 Å². The molecule has 0 aliphatic carbocycles. The molecular weight excluding hydrogens is 234 g/mol. The highest BCUT2D eigenvalue weighted by Gasteiger charge is 2.09. The summed E-state index contributed by atoms with van der Waals surface area (Å²) in [6.07, 6.45) is 3.44. The van der Waals surface area contributed by atoms with Crippen LogP contribution in [0.25, 0.3) is 11.0 Å². The molecule has 1 aromatic carbocycles. The summed E-state index contributed by atoms with van der Waals surface area (Å²) in [6.45, 7) is 9.62. The van der Waals surface area contributed by atoms with E-state index in [0.29, 0.717) is 0 Å². The summed E-state index contributed by atoms with van der Waals surface area (Å²) in [5, 5.41) is 3.38. The summed E-state index contributed by atoms with van der Waals surface area (Å²) in [6, 6.07) is 6.58. The highest BCUT2D eigenvalue weighted by Crippen LogP contribution is 2.19. The van der Waals surface area contributed by atoms with Gasteiger partial charge in [0.25, 0.3) is 0 Å². The molecule has 0 aliphatic rings. The molecule has 19 heavy (non-hydrogen) atoms. The van der Waals surface area contributed by atoms with Crippen LogP contribution in [0, 0.1) is 6.92 Å². The Balaban J connectivity index is 2.30. The number of aryl methyl sites for hydroxylation is 2. The van der Waals surface area contributed by atoms with Crippen molar-refractivity contribution in [3.63, 3.8) is 0 Å². The van der Waals surface area contributed by atoms with Gasteiger partial charge in [0.15, 0.2) is 0 Å². The van der Waals surface area contributed by atoms with Gasteiger partial charge in [-0.15, -0.1) is 0 Å². The van der Waals surface area contributed by atoms with Crippen LogP contribution in [0.1, 0.15) is 38.1 Å². The molecule has 0 spiro atoms. The number of hydrogen-bond donors (Lipinski definition) is 1. The first-order valence-electron chi connectivity index (χ1n) is 7.42. The fourth-order valence-corrected chi connectivity index (χ4v) is 2.42. The average Bonchev–Trinajstić information content (AvgIpc) is 2.73. The second kappa shape index (κ2) is 6.71. The van der Waals surface area contributed by atoms with E-state index in [4.69, 9.17) is 4.98 Å². The molecule has 0 radical (unpaired) electrons. The van der Waals surface area contributed by atoms with Crippen molar-refractivity contribution >= 4 is 11.0 Å². The molecule has 0 saturated carbocycles. The van der Waals surface area contributed by atoms with Crippen LogP contribution in [-0.4, -0.2) is 22.6 Å². The molecule has 0 saturated heterocycles. The monoisotopic (exact) mass is 259 g/mol. The number of likely N-dealkylation sites (N-methyl/N-ethyl adjacent to an activating group) is 1. The van der Waals surface area contributed by atoms with Crippen molar-refractivity contribution in [3.8, 4) is 0 Å². The maximum Gasteiger partial charge on any atom is 0.111 e. The number of nitrogens with one attached hydrogen (secondary N) is 1. The van der Waals surface area contributed by atoms with Gasteiger partial charge in [0.2, 0.25) is 0 Å². The fourth-order valence-electron chi connectivity index (χ4n) is 2.42. The Morgan fingerprint density at radius 3 is 2.84 bits per heavy atom. The van der Waals surface area contributed by atoms with Crippen molar-refractivity contribution in [2.24, 2.45) is 0 Å². The highest BCUT2D eigenvalue weighted by atomic mass is 15.1. The van der Waals surface area contributed by atoms with Gasteiger partial charge >= 0.3 is 0 Å². The minimum atomic E-state index is 1.00. The van der Waals surface area contributed by atoms with Crippen molar-refractivity contribution in [2.75, 3.05) is 13.1 Å². The van der Waals surface area contributed by atoms with Gasteiger partial charge in [0.05, 0.1) is 11.0 Å². The van der Waals surface area contributed by atoms with E-state index in [-0.39, 0.29) is 0 Å². The molecule has 0 amide bonds. The molecule has 0 bridgehead atoms. The van der Waals surface area contributed by atoms with E-state index in [2.05, 4.69) is 48.9 Å². The van der Waals surface area contributed by atoms with Crippen LogP contribution in [0.15, 0.2) is 18.2 Å². The first-order chi connectivity index (χ1) is 9.26. The van der Waals surface area contributed by atoms with Gasteiger partial charge < -0.3 is 9.88 Å². The highest BCUT2D eigenvalue weighted by molar-refractivity contribution is 5.76. The Morgan fingerprint density at radius 2 is 2.11 bits per heavy atom. The molecule has 1 aromatic heterocycles. The zero-order valence-corrected chi connectivity index (χ0v) is 12.4. The van der Waals surface area contributed by atoms with Gasteiger partial charge in [-0.05, 0) is 37.6 Å². The van der Waals surface area contributed by atoms with Crippen LogP contribution < -0.4 is 5.32 Å². The minimum absolute atomic E-state index is 1.00. The average molecular weight is 259 g/mol. The smallest absolute Gasteiger partial charge is 0.111 e. The number of benzene rings is 1.